The lowest BCUT2D eigenvalue weighted by atomic mass is 9.97. The van der Waals surface area contributed by atoms with Crippen LogP contribution < -0.4 is 4.72 Å². The zero-order valence-electron chi connectivity index (χ0n) is 14.2. The van der Waals surface area contributed by atoms with Gasteiger partial charge in [0.25, 0.3) is 0 Å². The highest BCUT2D eigenvalue weighted by Crippen LogP contribution is 2.20. The van der Waals surface area contributed by atoms with Crippen molar-refractivity contribution < 1.29 is 13.7 Å². The predicted octanol–water partition coefficient (Wildman–Crippen LogP) is 2.69. The van der Waals surface area contributed by atoms with Gasteiger partial charge in [-0.05, 0) is 60.3 Å². The molecule has 1 aliphatic rings. The Kier molecular flexibility index (Phi) is 6.23. The van der Waals surface area contributed by atoms with E-state index in [0.717, 1.165) is 19.4 Å². The molecule has 124 valence electrons. The zero-order valence-corrected chi connectivity index (χ0v) is 15.0. The molecule has 1 N–H and O–H groups in total. The van der Waals surface area contributed by atoms with Crippen LogP contribution in [-0.4, -0.2) is 45.2 Å². The van der Waals surface area contributed by atoms with Gasteiger partial charge in [-0.2, -0.15) is 0 Å². The van der Waals surface area contributed by atoms with Gasteiger partial charge in [-0.1, -0.05) is 0 Å². The highest BCUT2D eigenvalue weighted by atomic mass is 32.2. The summed E-state index contributed by atoms with van der Waals surface area (Å²) in [5, 5.41) is 0. The number of rotatable bonds is 3. The van der Waals surface area contributed by atoms with E-state index in [-0.39, 0.29) is 10.8 Å². The summed E-state index contributed by atoms with van der Waals surface area (Å²) in [7, 11) is -1.03. The molecule has 0 bridgehead atoms. The summed E-state index contributed by atoms with van der Waals surface area (Å²) in [6.45, 7) is 13.7. The highest BCUT2D eigenvalue weighted by Gasteiger charge is 2.27. The Balaban J connectivity index is 2.33. The van der Waals surface area contributed by atoms with E-state index >= 15 is 0 Å². The highest BCUT2D eigenvalue weighted by molar-refractivity contribution is 7.84. The first-order valence-corrected chi connectivity index (χ1v) is 8.77. The van der Waals surface area contributed by atoms with Crippen LogP contribution in [0.5, 0.6) is 0 Å². The van der Waals surface area contributed by atoms with Gasteiger partial charge in [-0.3, -0.25) is 0 Å². The molecular weight excluding hydrogens is 288 g/mol. The van der Waals surface area contributed by atoms with Crippen molar-refractivity contribution in [2.24, 2.45) is 5.92 Å². The van der Waals surface area contributed by atoms with Gasteiger partial charge in [0.1, 0.15) is 5.60 Å². The molecule has 0 spiro atoms. The molecule has 0 aromatic rings. The summed E-state index contributed by atoms with van der Waals surface area (Å²) < 4.78 is 20.2. The molecule has 5 nitrogen and oxygen atoms in total. The molecule has 1 atom stereocenters. The van der Waals surface area contributed by atoms with Crippen LogP contribution in [0, 0.1) is 5.92 Å². The number of nitrogens with zero attached hydrogens (tertiary/aromatic N) is 1. The summed E-state index contributed by atoms with van der Waals surface area (Å²) in [4.78, 5) is 13.7. The molecule has 1 rings (SSSR count). The second kappa shape index (κ2) is 7.09. The van der Waals surface area contributed by atoms with E-state index in [2.05, 4.69) is 4.72 Å². The fraction of sp³-hybridized carbons (Fsp3) is 0.933. The van der Waals surface area contributed by atoms with Gasteiger partial charge < -0.3 is 9.64 Å². The second-order valence-electron chi connectivity index (χ2n) is 7.64. The number of hydrogen-bond donors (Lipinski definition) is 1. The smallest absolute Gasteiger partial charge is 0.410 e. The van der Waals surface area contributed by atoms with Crippen LogP contribution in [0.25, 0.3) is 0 Å². The SMILES string of the molecule is CC(C)(C)OC(=O)N1CCC(CN[S@@](=O)C(C)(C)C)CC1. The minimum atomic E-state index is -1.03. The van der Waals surface area contributed by atoms with E-state index in [0.29, 0.717) is 19.0 Å². The maximum atomic E-state index is 12.0. The van der Waals surface area contributed by atoms with Crippen LogP contribution in [0.4, 0.5) is 4.79 Å². The summed E-state index contributed by atoms with van der Waals surface area (Å²) in [6, 6.07) is 0. The molecule has 0 aromatic heterocycles. The third-order valence-corrected chi connectivity index (χ3v) is 4.87. The van der Waals surface area contributed by atoms with Crippen molar-refractivity contribution in [3.63, 3.8) is 0 Å². The first kappa shape index (κ1) is 18.4. The van der Waals surface area contributed by atoms with Gasteiger partial charge in [0.2, 0.25) is 0 Å². The number of likely N-dealkylation sites (tertiary alicyclic amines) is 1. The maximum Gasteiger partial charge on any atom is 0.410 e. The van der Waals surface area contributed by atoms with Crippen LogP contribution in [0.1, 0.15) is 54.4 Å². The summed E-state index contributed by atoms with van der Waals surface area (Å²) in [6.07, 6.45) is 1.62. The predicted molar refractivity (Wildman–Crippen MR) is 86.4 cm³/mol. The van der Waals surface area contributed by atoms with Crippen molar-refractivity contribution in [3.05, 3.63) is 0 Å². The van der Waals surface area contributed by atoms with E-state index in [4.69, 9.17) is 4.74 Å². The fourth-order valence-electron chi connectivity index (χ4n) is 2.06. The normalized spacial score (nSPS) is 19.4. The zero-order chi connectivity index (χ0) is 16.3. The van der Waals surface area contributed by atoms with Gasteiger partial charge in [0, 0.05) is 19.6 Å². The van der Waals surface area contributed by atoms with Crippen molar-refractivity contribution in [2.45, 2.75) is 64.7 Å². The van der Waals surface area contributed by atoms with E-state index in [1.165, 1.54) is 0 Å². The molecule has 1 amide bonds. The molecule has 1 aliphatic heterocycles. The third kappa shape index (κ3) is 6.78. The lowest BCUT2D eigenvalue weighted by molar-refractivity contribution is 0.0185. The third-order valence-electron chi connectivity index (χ3n) is 3.33. The van der Waals surface area contributed by atoms with Gasteiger partial charge in [0.15, 0.2) is 0 Å². The van der Waals surface area contributed by atoms with Crippen LogP contribution in [0.2, 0.25) is 0 Å². The number of nitrogens with one attached hydrogen (secondary N) is 1. The molecule has 0 aromatic carbocycles. The van der Waals surface area contributed by atoms with Gasteiger partial charge in [0.05, 0.1) is 15.7 Å². The molecule has 1 heterocycles. The van der Waals surface area contributed by atoms with Crippen LogP contribution in [0.15, 0.2) is 0 Å². The average Bonchev–Trinajstić information content (AvgIpc) is 2.33. The van der Waals surface area contributed by atoms with Gasteiger partial charge in [-0.15, -0.1) is 0 Å². The van der Waals surface area contributed by atoms with Crippen molar-refractivity contribution in [2.75, 3.05) is 19.6 Å². The Morgan fingerprint density at radius 2 is 1.71 bits per heavy atom. The monoisotopic (exact) mass is 318 g/mol. The van der Waals surface area contributed by atoms with E-state index < -0.39 is 16.6 Å². The van der Waals surface area contributed by atoms with Crippen molar-refractivity contribution >= 4 is 17.1 Å². The average molecular weight is 318 g/mol. The fourth-order valence-corrected chi connectivity index (χ4v) is 2.88. The summed E-state index contributed by atoms with van der Waals surface area (Å²) in [5.74, 6) is 0.468. The number of hydrogen-bond acceptors (Lipinski definition) is 3. The Bertz CT molecular complexity index is 377. The standard InChI is InChI=1S/C15H30N2O3S/c1-14(2,3)20-13(18)17-9-7-12(8-10-17)11-16-21(19)15(4,5)6/h12,16H,7-11H2,1-6H3/t21-/m0/s1. The number of carbonyl (C=O) groups excluding carboxylic acids is 1. The molecule has 0 saturated carbocycles. The first-order valence-electron chi connectivity index (χ1n) is 7.62. The second-order valence-corrected chi connectivity index (χ2v) is 9.69. The minimum absolute atomic E-state index is 0.229. The van der Waals surface area contributed by atoms with Crippen molar-refractivity contribution in [3.8, 4) is 0 Å². The largest absolute Gasteiger partial charge is 0.444 e. The Morgan fingerprint density at radius 1 is 1.19 bits per heavy atom. The van der Waals surface area contributed by atoms with E-state index in [1.807, 2.05) is 41.5 Å². The number of piperidine rings is 1. The van der Waals surface area contributed by atoms with E-state index in [1.54, 1.807) is 4.90 Å². The molecular formula is C15H30N2O3S. The molecule has 6 heteroatoms. The summed E-state index contributed by atoms with van der Waals surface area (Å²) in [5.41, 5.74) is -0.445. The minimum Gasteiger partial charge on any atom is -0.444 e. The number of amides is 1. The van der Waals surface area contributed by atoms with Crippen LogP contribution >= 0.6 is 0 Å². The van der Waals surface area contributed by atoms with Gasteiger partial charge in [-0.25, -0.2) is 13.7 Å². The van der Waals surface area contributed by atoms with Crippen LogP contribution in [0.3, 0.4) is 0 Å². The molecule has 0 unspecified atom stereocenters. The molecule has 21 heavy (non-hydrogen) atoms. The molecule has 0 radical (unpaired) electrons. The lowest BCUT2D eigenvalue weighted by Gasteiger charge is -2.33. The molecule has 1 fully saturated rings. The van der Waals surface area contributed by atoms with Gasteiger partial charge >= 0.3 is 6.09 Å². The molecule has 1 saturated heterocycles. The van der Waals surface area contributed by atoms with Crippen molar-refractivity contribution in [1.29, 1.82) is 0 Å². The molecule has 0 aliphatic carbocycles. The lowest BCUT2D eigenvalue weighted by Crippen LogP contribution is -2.44. The Hall–Kier alpha value is -0.620. The Labute approximate surface area is 131 Å². The number of carbonyl (C=O) groups is 1. The van der Waals surface area contributed by atoms with Crippen LogP contribution in [-0.2, 0) is 15.7 Å². The quantitative estimate of drug-likeness (QED) is 0.870. The Morgan fingerprint density at radius 3 is 2.14 bits per heavy atom. The van der Waals surface area contributed by atoms with Crippen molar-refractivity contribution in [1.82, 2.24) is 9.62 Å². The van der Waals surface area contributed by atoms with E-state index in [9.17, 15) is 9.00 Å². The number of ether oxygens (including phenoxy) is 1. The topological polar surface area (TPSA) is 58.6 Å². The maximum absolute atomic E-state index is 12.0. The first-order chi connectivity index (χ1) is 9.49. The summed E-state index contributed by atoms with van der Waals surface area (Å²) >= 11 is 0.